The number of oxazole rings is 1. The fourth-order valence-electron chi connectivity index (χ4n) is 3.67. The van der Waals surface area contributed by atoms with E-state index in [-0.39, 0.29) is 17.7 Å². The van der Waals surface area contributed by atoms with Gasteiger partial charge in [-0.15, -0.1) is 0 Å². The highest BCUT2D eigenvalue weighted by atomic mass is 35.5. The van der Waals surface area contributed by atoms with Crippen molar-refractivity contribution in [2.45, 2.75) is 18.9 Å². The Balaban J connectivity index is 1.54. The van der Waals surface area contributed by atoms with Gasteiger partial charge in [0.25, 0.3) is 5.91 Å². The van der Waals surface area contributed by atoms with Gasteiger partial charge in [0.15, 0.2) is 5.58 Å². The van der Waals surface area contributed by atoms with Crippen molar-refractivity contribution < 1.29 is 13.9 Å². The number of carbonyl (C=O) groups is 1. The Morgan fingerprint density at radius 1 is 1.19 bits per heavy atom. The Hall–Kier alpha value is -2.73. The minimum absolute atomic E-state index is 0.0288. The van der Waals surface area contributed by atoms with Crippen LogP contribution in [-0.2, 0) is 0 Å². The van der Waals surface area contributed by atoms with E-state index in [1.54, 1.807) is 46.9 Å². The van der Waals surface area contributed by atoms with Gasteiger partial charge in [0.2, 0.25) is 0 Å². The predicted octanol–water partition coefficient (Wildman–Crippen LogP) is 3.73. The van der Waals surface area contributed by atoms with Gasteiger partial charge in [-0.05, 0) is 43.2 Å². The molecule has 7 heteroatoms. The van der Waals surface area contributed by atoms with Gasteiger partial charge in [-0.3, -0.25) is 9.36 Å². The summed E-state index contributed by atoms with van der Waals surface area (Å²) >= 11 is 6.08. The number of fused-ring (bicyclic) bond motifs is 1. The van der Waals surface area contributed by atoms with Crippen molar-refractivity contribution in [3.63, 3.8) is 0 Å². The summed E-state index contributed by atoms with van der Waals surface area (Å²) in [5.74, 6) is 0.122. The Bertz CT molecular complexity index is 1050. The Morgan fingerprint density at radius 3 is 2.67 bits per heavy atom. The van der Waals surface area contributed by atoms with E-state index in [1.165, 1.54) is 0 Å². The van der Waals surface area contributed by atoms with Gasteiger partial charge in [0.05, 0.1) is 18.2 Å². The molecule has 0 N–H and O–H groups in total. The number of hydrogen-bond acceptors (Lipinski definition) is 4. The van der Waals surface area contributed by atoms with E-state index < -0.39 is 0 Å². The van der Waals surface area contributed by atoms with Crippen LogP contribution in [0.2, 0.25) is 5.02 Å². The number of carbonyl (C=O) groups excluding carboxylic acids is 1. The van der Waals surface area contributed by atoms with Crippen molar-refractivity contribution in [3.8, 4) is 5.75 Å². The van der Waals surface area contributed by atoms with Crippen LogP contribution in [0.4, 0.5) is 0 Å². The summed E-state index contributed by atoms with van der Waals surface area (Å²) in [7, 11) is 1.56. The van der Waals surface area contributed by atoms with Crippen LogP contribution in [0.25, 0.3) is 11.1 Å². The minimum Gasteiger partial charge on any atom is -0.496 e. The van der Waals surface area contributed by atoms with Crippen LogP contribution in [0.15, 0.2) is 51.7 Å². The summed E-state index contributed by atoms with van der Waals surface area (Å²) in [5, 5.41) is 0.556. The molecule has 2 aromatic carbocycles. The van der Waals surface area contributed by atoms with E-state index in [0.717, 1.165) is 0 Å². The zero-order valence-corrected chi connectivity index (χ0v) is 15.6. The first-order valence-corrected chi connectivity index (χ1v) is 9.19. The van der Waals surface area contributed by atoms with Gasteiger partial charge >= 0.3 is 5.76 Å². The van der Waals surface area contributed by atoms with Crippen LogP contribution in [0.5, 0.6) is 5.75 Å². The van der Waals surface area contributed by atoms with Crippen LogP contribution in [0, 0.1) is 0 Å². The van der Waals surface area contributed by atoms with Gasteiger partial charge in [-0.2, -0.15) is 0 Å². The molecule has 1 fully saturated rings. The summed E-state index contributed by atoms with van der Waals surface area (Å²) in [6.45, 7) is 1.11. The Morgan fingerprint density at radius 2 is 1.93 bits per heavy atom. The normalized spacial score (nSPS) is 15.3. The number of methoxy groups -OCH3 is 1. The zero-order valence-electron chi connectivity index (χ0n) is 14.9. The number of benzene rings is 2. The molecule has 0 radical (unpaired) electrons. The molecule has 27 heavy (non-hydrogen) atoms. The summed E-state index contributed by atoms with van der Waals surface area (Å²) in [6.07, 6.45) is 1.34. The fourth-order valence-corrected chi connectivity index (χ4v) is 3.84. The van der Waals surface area contributed by atoms with Gasteiger partial charge in [0.1, 0.15) is 5.75 Å². The molecule has 0 bridgehead atoms. The van der Waals surface area contributed by atoms with Crippen molar-refractivity contribution in [2.24, 2.45) is 0 Å². The third-order valence-corrected chi connectivity index (χ3v) is 5.26. The first-order valence-electron chi connectivity index (χ1n) is 8.81. The maximum Gasteiger partial charge on any atom is 0.420 e. The van der Waals surface area contributed by atoms with Crippen LogP contribution < -0.4 is 10.5 Å². The number of ether oxygens (including phenoxy) is 1. The maximum absolute atomic E-state index is 12.8. The van der Waals surface area contributed by atoms with E-state index >= 15 is 0 Å². The maximum atomic E-state index is 12.8. The average Bonchev–Trinajstić information content (AvgIpc) is 3.02. The molecule has 140 valence electrons. The van der Waals surface area contributed by atoms with Gasteiger partial charge < -0.3 is 14.1 Å². The lowest BCUT2D eigenvalue weighted by Gasteiger charge is -2.32. The van der Waals surface area contributed by atoms with Crippen molar-refractivity contribution in [1.82, 2.24) is 9.47 Å². The summed E-state index contributed by atoms with van der Waals surface area (Å²) in [5.41, 5.74) is 1.77. The monoisotopic (exact) mass is 386 g/mol. The largest absolute Gasteiger partial charge is 0.496 e. The van der Waals surface area contributed by atoms with Crippen LogP contribution in [0.3, 0.4) is 0 Å². The number of piperidine rings is 1. The molecule has 0 unspecified atom stereocenters. The molecular formula is C20H19ClN2O4. The summed E-state index contributed by atoms with van der Waals surface area (Å²) in [4.78, 5) is 27.0. The van der Waals surface area contributed by atoms with Crippen molar-refractivity contribution in [2.75, 3.05) is 20.2 Å². The second-order valence-electron chi connectivity index (χ2n) is 6.57. The lowest BCUT2D eigenvalue weighted by Crippen LogP contribution is -2.40. The van der Waals surface area contributed by atoms with Crippen molar-refractivity contribution in [1.29, 1.82) is 0 Å². The molecule has 0 aliphatic carbocycles. The van der Waals surface area contributed by atoms with E-state index in [2.05, 4.69) is 0 Å². The topological polar surface area (TPSA) is 64.7 Å². The highest BCUT2D eigenvalue weighted by molar-refractivity contribution is 6.31. The first-order chi connectivity index (χ1) is 13.1. The molecule has 6 nitrogen and oxygen atoms in total. The van der Waals surface area contributed by atoms with Gasteiger partial charge in [-0.1, -0.05) is 23.7 Å². The molecule has 3 aromatic rings. The number of para-hydroxylation sites is 1. The number of likely N-dealkylation sites (tertiary alicyclic amines) is 1. The Kier molecular flexibility index (Phi) is 4.66. The highest BCUT2D eigenvalue weighted by Crippen LogP contribution is 2.29. The van der Waals surface area contributed by atoms with Crippen LogP contribution in [-0.4, -0.2) is 35.6 Å². The summed E-state index contributed by atoms with van der Waals surface area (Å²) < 4.78 is 12.3. The highest BCUT2D eigenvalue weighted by Gasteiger charge is 2.28. The van der Waals surface area contributed by atoms with Crippen molar-refractivity contribution >= 4 is 28.6 Å². The lowest BCUT2D eigenvalue weighted by molar-refractivity contribution is 0.0690. The third-order valence-electron chi connectivity index (χ3n) is 5.03. The van der Waals surface area contributed by atoms with E-state index in [1.807, 2.05) is 12.1 Å². The van der Waals surface area contributed by atoms with Crippen molar-refractivity contribution in [3.05, 3.63) is 63.6 Å². The summed E-state index contributed by atoms with van der Waals surface area (Å²) in [6, 6.07) is 12.3. The predicted molar refractivity (Wildman–Crippen MR) is 103 cm³/mol. The molecule has 0 spiro atoms. The molecule has 0 atom stereocenters. The van der Waals surface area contributed by atoms with Crippen LogP contribution >= 0.6 is 11.6 Å². The molecule has 1 saturated heterocycles. The quantitative estimate of drug-likeness (QED) is 0.688. The number of halogens is 1. The zero-order chi connectivity index (χ0) is 19.0. The third kappa shape index (κ3) is 3.21. The number of nitrogens with zero attached hydrogens (tertiary/aromatic N) is 2. The van der Waals surface area contributed by atoms with E-state index in [0.29, 0.717) is 53.4 Å². The fraction of sp³-hybridized carbons (Fsp3) is 0.300. The molecular weight excluding hydrogens is 368 g/mol. The number of aromatic nitrogens is 1. The van der Waals surface area contributed by atoms with E-state index in [9.17, 15) is 9.59 Å². The van der Waals surface area contributed by atoms with Gasteiger partial charge in [-0.25, -0.2) is 4.79 Å². The lowest BCUT2D eigenvalue weighted by atomic mass is 10.0. The second kappa shape index (κ2) is 7.12. The first kappa shape index (κ1) is 17.7. The molecule has 0 saturated carbocycles. The number of rotatable bonds is 3. The average molecular weight is 387 g/mol. The molecule has 4 rings (SSSR count). The minimum atomic E-state index is -0.387. The standard InChI is InChI=1S/C20H19ClN2O4/c1-26-17-5-3-2-4-15(17)19(24)22-10-8-14(9-11-22)23-16-12-13(21)6-7-18(16)27-20(23)25/h2-7,12,14H,8-11H2,1H3. The smallest absolute Gasteiger partial charge is 0.420 e. The molecule has 1 amide bonds. The molecule has 2 heterocycles. The SMILES string of the molecule is COc1ccccc1C(=O)N1CCC(n2c(=O)oc3ccc(Cl)cc32)CC1. The second-order valence-corrected chi connectivity index (χ2v) is 7.01. The molecule has 1 aromatic heterocycles. The molecule has 1 aliphatic rings. The van der Waals surface area contributed by atoms with Crippen LogP contribution in [0.1, 0.15) is 29.2 Å². The number of hydrogen-bond donors (Lipinski definition) is 0. The molecule has 1 aliphatic heterocycles. The number of amides is 1. The van der Waals surface area contributed by atoms with E-state index in [4.69, 9.17) is 20.8 Å². The Labute approximate surface area is 160 Å². The van der Waals surface area contributed by atoms with Gasteiger partial charge in [0, 0.05) is 24.2 Å².